The minimum atomic E-state index is -0.0559. The molecular formula is C13H18N4O2. The maximum atomic E-state index is 11.6. The van der Waals surface area contributed by atoms with Crippen molar-refractivity contribution in [3.05, 3.63) is 18.2 Å². The first-order chi connectivity index (χ1) is 9.15. The van der Waals surface area contributed by atoms with Crippen molar-refractivity contribution in [1.29, 1.82) is 0 Å². The molecule has 0 radical (unpaired) electrons. The van der Waals surface area contributed by atoms with Crippen molar-refractivity contribution in [2.45, 2.75) is 13.8 Å². The number of hydrogen-bond donors (Lipinski definition) is 2. The van der Waals surface area contributed by atoms with Crippen LogP contribution in [0.2, 0.25) is 0 Å². The van der Waals surface area contributed by atoms with Crippen LogP contribution >= 0.6 is 0 Å². The summed E-state index contributed by atoms with van der Waals surface area (Å²) in [5.41, 5.74) is 7.67. The van der Waals surface area contributed by atoms with Crippen LogP contribution in [0.5, 0.6) is 0 Å². The summed E-state index contributed by atoms with van der Waals surface area (Å²) in [4.78, 5) is 17.7. The molecule has 0 aliphatic carbocycles. The molecule has 0 spiro atoms. The summed E-state index contributed by atoms with van der Waals surface area (Å²) in [7, 11) is 0. The number of likely N-dealkylation sites (N-methyl/N-ethyl adjacent to an activating group) is 2. The monoisotopic (exact) mass is 262 g/mol. The molecule has 0 atom stereocenters. The lowest BCUT2D eigenvalue weighted by Crippen LogP contribution is -2.37. The van der Waals surface area contributed by atoms with Crippen molar-refractivity contribution in [2.24, 2.45) is 0 Å². The van der Waals surface area contributed by atoms with E-state index in [4.69, 9.17) is 10.2 Å². The van der Waals surface area contributed by atoms with E-state index in [1.54, 1.807) is 11.0 Å². The number of fused-ring (bicyclic) bond motifs is 1. The Morgan fingerprint density at radius 3 is 2.89 bits per heavy atom. The zero-order chi connectivity index (χ0) is 13.8. The van der Waals surface area contributed by atoms with E-state index in [0.717, 1.165) is 0 Å². The average molecular weight is 262 g/mol. The van der Waals surface area contributed by atoms with Crippen LogP contribution in [-0.2, 0) is 4.79 Å². The largest absolute Gasteiger partial charge is 0.423 e. The van der Waals surface area contributed by atoms with Gasteiger partial charge in [-0.25, -0.2) is 0 Å². The van der Waals surface area contributed by atoms with E-state index < -0.39 is 0 Å². The number of rotatable bonds is 5. The van der Waals surface area contributed by atoms with Crippen molar-refractivity contribution >= 4 is 28.7 Å². The van der Waals surface area contributed by atoms with Gasteiger partial charge in [-0.1, -0.05) is 6.07 Å². The van der Waals surface area contributed by atoms with E-state index in [-0.39, 0.29) is 12.5 Å². The lowest BCUT2D eigenvalue weighted by atomic mass is 10.3. The second-order valence-electron chi connectivity index (χ2n) is 4.16. The number of nitrogens with zero attached hydrogens (tertiary/aromatic N) is 2. The van der Waals surface area contributed by atoms with Crippen molar-refractivity contribution in [3.8, 4) is 0 Å². The molecule has 6 nitrogen and oxygen atoms in total. The zero-order valence-corrected chi connectivity index (χ0v) is 11.1. The first kappa shape index (κ1) is 13.2. The Morgan fingerprint density at radius 2 is 2.26 bits per heavy atom. The topological polar surface area (TPSA) is 84.4 Å². The Kier molecular flexibility index (Phi) is 3.89. The molecule has 0 unspecified atom stereocenters. The fourth-order valence-electron chi connectivity index (χ4n) is 1.83. The maximum absolute atomic E-state index is 11.6. The van der Waals surface area contributed by atoms with Crippen LogP contribution < -0.4 is 16.0 Å². The van der Waals surface area contributed by atoms with E-state index in [0.29, 0.717) is 35.9 Å². The second kappa shape index (κ2) is 5.60. The summed E-state index contributed by atoms with van der Waals surface area (Å²) in [5.74, 6) is -0.0559. The summed E-state index contributed by atoms with van der Waals surface area (Å²) in [6, 6.07) is 5.81. The number of carbonyl (C=O) groups is 1. The molecule has 1 aromatic carbocycles. The Bertz CT molecular complexity index is 579. The molecule has 6 heteroatoms. The van der Waals surface area contributed by atoms with Gasteiger partial charge in [0.15, 0.2) is 5.58 Å². The van der Waals surface area contributed by atoms with Gasteiger partial charge in [0.1, 0.15) is 12.1 Å². The van der Waals surface area contributed by atoms with E-state index >= 15 is 0 Å². The fraction of sp³-hybridized carbons (Fsp3) is 0.385. The van der Waals surface area contributed by atoms with Crippen LogP contribution in [0, 0.1) is 0 Å². The highest BCUT2D eigenvalue weighted by molar-refractivity contribution is 5.87. The second-order valence-corrected chi connectivity index (χ2v) is 4.16. The Morgan fingerprint density at radius 1 is 1.47 bits per heavy atom. The number of amides is 1. The number of nitrogens with one attached hydrogen (secondary N) is 1. The van der Waals surface area contributed by atoms with Gasteiger partial charge < -0.3 is 20.4 Å². The molecule has 102 valence electrons. The average Bonchev–Trinajstić information content (AvgIpc) is 2.81. The van der Waals surface area contributed by atoms with Gasteiger partial charge in [0, 0.05) is 13.1 Å². The smallest absolute Gasteiger partial charge is 0.298 e. The highest BCUT2D eigenvalue weighted by Gasteiger charge is 2.16. The van der Waals surface area contributed by atoms with Gasteiger partial charge in [-0.3, -0.25) is 4.79 Å². The number of hydrogen-bond acceptors (Lipinski definition) is 5. The molecule has 1 heterocycles. The summed E-state index contributed by atoms with van der Waals surface area (Å²) in [6.45, 7) is 5.28. The molecule has 0 aliphatic heterocycles. The van der Waals surface area contributed by atoms with E-state index in [2.05, 4.69) is 10.3 Å². The van der Waals surface area contributed by atoms with E-state index in [1.807, 2.05) is 26.0 Å². The third kappa shape index (κ3) is 2.78. The molecule has 19 heavy (non-hydrogen) atoms. The van der Waals surface area contributed by atoms with E-state index in [9.17, 15) is 4.79 Å². The highest BCUT2D eigenvalue weighted by atomic mass is 16.4. The van der Waals surface area contributed by atoms with Gasteiger partial charge in [-0.15, -0.1) is 0 Å². The number of anilines is 2. The van der Waals surface area contributed by atoms with Gasteiger partial charge in [-0.2, -0.15) is 4.98 Å². The minimum absolute atomic E-state index is 0.0559. The number of nitrogens with two attached hydrogens (primary N) is 1. The van der Waals surface area contributed by atoms with Crippen LogP contribution in [0.3, 0.4) is 0 Å². The number of para-hydroxylation sites is 1. The standard InChI is InChI=1S/C13H18N4O2/c1-3-15-11(18)8-17(4-2)13-16-12-9(14)6-5-7-10(12)19-13/h5-7H,3-4,8,14H2,1-2H3,(H,15,18). The van der Waals surface area contributed by atoms with Crippen LogP contribution in [0.4, 0.5) is 11.7 Å². The van der Waals surface area contributed by atoms with Crippen molar-refractivity contribution < 1.29 is 9.21 Å². The Labute approximate surface area is 111 Å². The fourth-order valence-corrected chi connectivity index (χ4v) is 1.83. The van der Waals surface area contributed by atoms with Crippen molar-refractivity contribution in [1.82, 2.24) is 10.3 Å². The predicted molar refractivity (Wildman–Crippen MR) is 75.0 cm³/mol. The van der Waals surface area contributed by atoms with Crippen LogP contribution in [0.25, 0.3) is 11.1 Å². The molecule has 0 saturated carbocycles. The SMILES string of the molecule is CCNC(=O)CN(CC)c1nc2c(N)cccc2o1. The molecule has 2 rings (SSSR count). The molecule has 0 fully saturated rings. The molecule has 2 aromatic rings. The van der Waals surface area contributed by atoms with E-state index in [1.165, 1.54) is 0 Å². The lowest BCUT2D eigenvalue weighted by molar-refractivity contribution is -0.119. The summed E-state index contributed by atoms with van der Waals surface area (Å²) in [5, 5.41) is 2.75. The summed E-state index contributed by atoms with van der Waals surface area (Å²) in [6.07, 6.45) is 0. The molecule has 1 amide bonds. The molecule has 1 aromatic heterocycles. The molecule has 0 bridgehead atoms. The number of aromatic nitrogens is 1. The first-order valence-electron chi connectivity index (χ1n) is 6.32. The number of nitrogen functional groups attached to an aromatic ring is 1. The number of benzene rings is 1. The predicted octanol–water partition coefficient (Wildman–Crippen LogP) is 1.37. The number of carbonyl (C=O) groups excluding carboxylic acids is 1. The zero-order valence-electron chi connectivity index (χ0n) is 11.1. The molecular weight excluding hydrogens is 244 g/mol. The summed E-state index contributed by atoms with van der Waals surface area (Å²) >= 11 is 0. The van der Waals surface area contributed by atoms with Gasteiger partial charge in [0.05, 0.1) is 5.69 Å². The van der Waals surface area contributed by atoms with Crippen molar-refractivity contribution in [2.75, 3.05) is 30.3 Å². The third-order valence-corrected chi connectivity index (χ3v) is 2.80. The maximum Gasteiger partial charge on any atom is 0.298 e. The van der Waals surface area contributed by atoms with Gasteiger partial charge >= 0.3 is 0 Å². The molecule has 0 saturated heterocycles. The first-order valence-corrected chi connectivity index (χ1v) is 6.32. The van der Waals surface area contributed by atoms with Crippen LogP contribution in [0.1, 0.15) is 13.8 Å². The minimum Gasteiger partial charge on any atom is -0.423 e. The quantitative estimate of drug-likeness (QED) is 0.795. The summed E-state index contributed by atoms with van der Waals surface area (Å²) < 4.78 is 5.64. The molecule has 0 aliphatic rings. The lowest BCUT2D eigenvalue weighted by Gasteiger charge is -2.17. The van der Waals surface area contributed by atoms with Crippen LogP contribution in [-0.4, -0.2) is 30.5 Å². The van der Waals surface area contributed by atoms with Crippen molar-refractivity contribution in [3.63, 3.8) is 0 Å². The third-order valence-electron chi connectivity index (χ3n) is 2.80. The Balaban J connectivity index is 2.25. The normalized spacial score (nSPS) is 10.6. The van der Waals surface area contributed by atoms with Gasteiger partial charge in [-0.05, 0) is 26.0 Å². The van der Waals surface area contributed by atoms with Crippen LogP contribution in [0.15, 0.2) is 22.6 Å². The van der Waals surface area contributed by atoms with Gasteiger partial charge in [0.2, 0.25) is 5.91 Å². The highest BCUT2D eigenvalue weighted by Crippen LogP contribution is 2.25. The van der Waals surface area contributed by atoms with Gasteiger partial charge in [0.25, 0.3) is 6.01 Å². The Hall–Kier alpha value is -2.24. The molecule has 3 N–H and O–H groups in total. The number of oxazole rings is 1.